The number of nitrogen functional groups attached to an aromatic ring is 1. The molecule has 0 unspecified atom stereocenters. The lowest BCUT2D eigenvalue weighted by molar-refractivity contribution is -0.673. The summed E-state index contributed by atoms with van der Waals surface area (Å²) in [5.74, 6) is 5.63. The number of aryl methyl sites for hydroxylation is 4. The van der Waals surface area contributed by atoms with E-state index in [0.29, 0.717) is 11.1 Å². The average Bonchev–Trinajstić information content (AvgIpc) is 2.58. The van der Waals surface area contributed by atoms with Crippen molar-refractivity contribution in [1.82, 2.24) is 4.68 Å². The molecule has 0 saturated carbocycles. The van der Waals surface area contributed by atoms with Crippen molar-refractivity contribution in [3.8, 4) is 6.01 Å². The maximum Gasteiger partial charge on any atom is 0.495 e. The predicted octanol–water partition coefficient (Wildman–Crippen LogP) is 0.719. The highest BCUT2D eigenvalue weighted by Gasteiger charge is 2.28. The summed E-state index contributed by atoms with van der Waals surface area (Å²) < 4.78 is 32.7. The fourth-order valence-electron chi connectivity index (χ4n) is 2.28. The van der Waals surface area contributed by atoms with Crippen molar-refractivity contribution < 1.29 is 17.2 Å². The van der Waals surface area contributed by atoms with Crippen LogP contribution in [0.1, 0.15) is 16.7 Å². The Morgan fingerprint density at radius 1 is 1.20 bits per heavy atom. The molecule has 0 spiro atoms. The van der Waals surface area contributed by atoms with E-state index in [-0.39, 0.29) is 10.9 Å². The van der Waals surface area contributed by atoms with E-state index in [1.54, 1.807) is 27.1 Å². The Bertz CT molecular complexity index is 721. The van der Waals surface area contributed by atoms with E-state index < -0.39 is 10.1 Å². The van der Waals surface area contributed by atoms with Gasteiger partial charge in [-0.3, -0.25) is 5.84 Å². The molecule has 2 N–H and O–H groups in total. The second kappa shape index (κ2) is 4.82. The topological polar surface area (TPSA) is 78.2 Å². The molecule has 20 heavy (non-hydrogen) atoms. The molecule has 1 heterocycles. The Labute approximate surface area is 118 Å². The molecule has 0 radical (unpaired) electrons. The van der Waals surface area contributed by atoms with Crippen LogP contribution < -0.4 is 14.6 Å². The van der Waals surface area contributed by atoms with Crippen molar-refractivity contribution in [2.24, 2.45) is 7.05 Å². The molecule has 0 aliphatic carbocycles. The van der Waals surface area contributed by atoms with Crippen molar-refractivity contribution in [3.05, 3.63) is 41.2 Å². The van der Waals surface area contributed by atoms with Crippen molar-refractivity contribution in [2.75, 3.05) is 5.84 Å². The molecular formula is C13H18N3O3S+. The van der Waals surface area contributed by atoms with Gasteiger partial charge in [0, 0.05) is 0 Å². The van der Waals surface area contributed by atoms with Gasteiger partial charge >= 0.3 is 16.1 Å². The molecule has 2 aromatic rings. The number of rotatable bonds is 3. The summed E-state index contributed by atoms with van der Waals surface area (Å²) in [6.45, 7) is 5.41. The average molecular weight is 296 g/mol. The molecule has 108 valence electrons. The van der Waals surface area contributed by atoms with Gasteiger partial charge < -0.3 is 4.18 Å². The van der Waals surface area contributed by atoms with Crippen LogP contribution in [0.25, 0.3) is 0 Å². The number of nitrogens with zero attached hydrogens (tertiary/aromatic N) is 2. The van der Waals surface area contributed by atoms with E-state index in [0.717, 1.165) is 10.2 Å². The molecule has 1 aromatic carbocycles. The highest BCUT2D eigenvalue weighted by Crippen LogP contribution is 2.24. The second-order valence-corrected chi connectivity index (χ2v) is 6.35. The first-order chi connectivity index (χ1) is 9.22. The van der Waals surface area contributed by atoms with E-state index in [4.69, 9.17) is 10.0 Å². The van der Waals surface area contributed by atoms with Crippen LogP contribution in [0.15, 0.2) is 29.4 Å². The smallest absolute Gasteiger partial charge is 0.303 e. The van der Waals surface area contributed by atoms with E-state index in [1.807, 2.05) is 19.1 Å². The highest BCUT2D eigenvalue weighted by atomic mass is 32.2. The van der Waals surface area contributed by atoms with Crippen molar-refractivity contribution in [3.63, 3.8) is 0 Å². The zero-order valence-electron chi connectivity index (χ0n) is 11.9. The molecule has 0 atom stereocenters. The van der Waals surface area contributed by atoms with Gasteiger partial charge in [-0.15, -0.1) is 0 Å². The number of imidazole rings is 1. The fourth-order valence-corrected chi connectivity index (χ4v) is 3.67. The van der Waals surface area contributed by atoms with Crippen LogP contribution in [0.5, 0.6) is 6.01 Å². The first-order valence-electron chi connectivity index (χ1n) is 6.07. The van der Waals surface area contributed by atoms with Crippen LogP contribution in [0, 0.1) is 20.8 Å². The molecule has 1 aromatic heterocycles. The SMILES string of the molecule is Cc1cc(C)c(S(=O)(=O)Oc2n(N)cc[n+]2C)c(C)c1. The molecule has 0 saturated heterocycles. The monoisotopic (exact) mass is 296 g/mol. The predicted molar refractivity (Wildman–Crippen MR) is 74.2 cm³/mol. The molecule has 0 bridgehead atoms. The molecule has 0 aliphatic rings. The van der Waals surface area contributed by atoms with Crippen molar-refractivity contribution >= 4 is 10.1 Å². The van der Waals surface area contributed by atoms with Gasteiger partial charge in [-0.25, -0.2) is 0 Å². The van der Waals surface area contributed by atoms with Gasteiger partial charge in [0.25, 0.3) is 0 Å². The molecule has 6 nitrogen and oxygen atoms in total. The number of hydrogen-bond donors (Lipinski definition) is 1. The Balaban J connectivity index is 2.52. The van der Waals surface area contributed by atoms with Crippen molar-refractivity contribution in [2.45, 2.75) is 25.7 Å². The second-order valence-electron chi connectivity index (χ2n) is 4.86. The van der Waals surface area contributed by atoms with Gasteiger partial charge in [0.05, 0.1) is 7.05 Å². The van der Waals surface area contributed by atoms with Gasteiger partial charge in [-0.05, 0) is 31.9 Å². The minimum absolute atomic E-state index is 0.0457. The number of aromatic nitrogens is 2. The zero-order chi connectivity index (χ0) is 15.1. The Morgan fingerprint density at radius 2 is 1.75 bits per heavy atom. The van der Waals surface area contributed by atoms with Crippen LogP contribution >= 0.6 is 0 Å². The Hall–Kier alpha value is -2.02. The largest absolute Gasteiger partial charge is 0.495 e. The Morgan fingerprint density at radius 3 is 2.20 bits per heavy atom. The zero-order valence-corrected chi connectivity index (χ0v) is 12.7. The number of benzene rings is 1. The minimum atomic E-state index is -3.93. The third-order valence-electron chi connectivity index (χ3n) is 3.01. The van der Waals surface area contributed by atoms with Gasteiger partial charge in [0.2, 0.25) is 0 Å². The summed E-state index contributed by atoms with van der Waals surface area (Å²) in [6, 6.07) is 3.67. The molecule has 0 fully saturated rings. The maximum absolute atomic E-state index is 12.5. The van der Waals surface area contributed by atoms with E-state index >= 15 is 0 Å². The van der Waals surface area contributed by atoms with Gasteiger partial charge in [-0.1, -0.05) is 22.4 Å². The maximum atomic E-state index is 12.5. The van der Waals surface area contributed by atoms with E-state index in [2.05, 4.69) is 0 Å². The standard InChI is InChI=1S/C13H18N3O3S/c1-9-7-10(2)12(11(3)8-9)20(17,18)19-13-15(4)5-6-16(13)14/h5-8H,14H2,1-4H3/q+1. The summed E-state index contributed by atoms with van der Waals surface area (Å²) in [7, 11) is -2.27. The third-order valence-corrected chi connectivity index (χ3v) is 4.52. The molecule has 2 rings (SSSR count). The summed E-state index contributed by atoms with van der Waals surface area (Å²) in [5, 5.41) is 0. The Kier molecular flexibility index (Phi) is 3.47. The normalized spacial score (nSPS) is 11.6. The van der Waals surface area contributed by atoms with Crippen LogP contribution in [-0.2, 0) is 17.2 Å². The lowest BCUT2D eigenvalue weighted by Gasteiger charge is -2.11. The third kappa shape index (κ3) is 2.49. The van der Waals surface area contributed by atoms with Gasteiger partial charge in [0.15, 0.2) is 6.20 Å². The van der Waals surface area contributed by atoms with Crippen LogP contribution in [0.3, 0.4) is 0 Å². The first-order valence-corrected chi connectivity index (χ1v) is 7.47. The minimum Gasteiger partial charge on any atom is -0.303 e. The van der Waals surface area contributed by atoms with Gasteiger partial charge in [0.1, 0.15) is 11.1 Å². The van der Waals surface area contributed by atoms with E-state index in [9.17, 15) is 8.42 Å². The summed E-state index contributed by atoms with van der Waals surface area (Å²) >= 11 is 0. The van der Waals surface area contributed by atoms with Crippen LogP contribution in [0.2, 0.25) is 0 Å². The fraction of sp³-hybridized carbons (Fsp3) is 0.308. The molecule has 0 amide bonds. The number of hydrogen-bond acceptors (Lipinski definition) is 4. The lowest BCUT2D eigenvalue weighted by atomic mass is 10.1. The molecule has 0 aliphatic heterocycles. The number of nitrogens with two attached hydrogens (primary N) is 1. The summed E-state index contributed by atoms with van der Waals surface area (Å²) in [5.41, 5.74) is 2.31. The first kappa shape index (κ1) is 14.4. The summed E-state index contributed by atoms with van der Waals surface area (Å²) in [4.78, 5) is 0.185. The van der Waals surface area contributed by atoms with Crippen LogP contribution in [0.4, 0.5) is 0 Å². The lowest BCUT2D eigenvalue weighted by Crippen LogP contribution is -2.32. The van der Waals surface area contributed by atoms with Crippen molar-refractivity contribution in [1.29, 1.82) is 0 Å². The highest BCUT2D eigenvalue weighted by molar-refractivity contribution is 7.87. The van der Waals surface area contributed by atoms with Gasteiger partial charge in [-0.2, -0.15) is 13.0 Å². The van der Waals surface area contributed by atoms with E-state index in [1.165, 1.54) is 10.8 Å². The molecular weight excluding hydrogens is 278 g/mol. The van der Waals surface area contributed by atoms with Crippen LogP contribution in [-0.4, -0.2) is 13.1 Å². The quantitative estimate of drug-likeness (QED) is 0.514. The summed E-state index contributed by atoms with van der Waals surface area (Å²) in [6.07, 6.45) is 3.12. The molecule has 7 heteroatoms.